The number of thioether (sulfide) groups is 1. The summed E-state index contributed by atoms with van der Waals surface area (Å²) in [6.07, 6.45) is 2.01. The maximum atomic E-state index is 12.3. The fraction of sp³-hybridized carbons (Fsp3) is 0.0588. The molecule has 0 saturated heterocycles. The maximum absolute atomic E-state index is 12.3. The number of hydrogen-bond acceptors (Lipinski definition) is 3. The lowest BCUT2D eigenvalue weighted by molar-refractivity contribution is 0.102. The van der Waals surface area contributed by atoms with E-state index in [-0.39, 0.29) is 5.91 Å². The zero-order valence-electron chi connectivity index (χ0n) is 12.3. The van der Waals surface area contributed by atoms with Gasteiger partial charge in [0.1, 0.15) is 5.69 Å². The Labute approximate surface area is 143 Å². The smallest absolute Gasteiger partial charge is 0.273 e. The van der Waals surface area contributed by atoms with E-state index in [1.54, 1.807) is 23.9 Å². The van der Waals surface area contributed by atoms with E-state index in [0.29, 0.717) is 16.4 Å². The SMILES string of the molecule is CSc1ccc(NC(=O)c2cc(-c3ccccc3Cl)n[nH]2)cc1. The highest BCUT2D eigenvalue weighted by Crippen LogP contribution is 2.26. The van der Waals surface area contributed by atoms with Crippen LogP contribution in [-0.2, 0) is 0 Å². The predicted octanol–water partition coefficient (Wildman–Crippen LogP) is 4.70. The highest BCUT2D eigenvalue weighted by atomic mass is 35.5. The molecule has 6 heteroatoms. The Bertz CT molecular complexity index is 830. The van der Waals surface area contributed by atoms with Crippen LogP contribution in [0.1, 0.15) is 10.5 Å². The fourth-order valence-electron chi connectivity index (χ4n) is 2.12. The summed E-state index contributed by atoms with van der Waals surface area (Å²) in [7, 11) is 0. The Morgan fingerprint density at radius 1 is 1.17 bits per heavy atom. The molecule has 0 aliphatic carbocycles. The molecule has 1 aromatic heterocycles. The van der Waals surface area contributed by atoms with Crippen molar-refractivity contribution >= 4 is 35.0 Å². The van der Waals surface area contributed by atoms with Gasteiger partial charge in [0.05, 0.1) is 10.7 Å². The Kier molecular flexibility index (Phi) is 4.69. The number of nitrogens with zero attached hydrogens (tertiary/aromatic N) is 1. The number of aromatic amines is 1. The monoisotopic (exact) mass is 343 g/mol. The summed E-state index contributed by atoms with van der Waals surface area (Å²) in [4.78, 5) is 13.4. The van der Waals surface area contributed by atoms with Gasteiger partial charge in [-0.2, -0.15) is 5.10 Å². The molecule has 2 N–H and O–H groups in total. The summed E-state index contributed by atoms with van der Waals surface area (Å²) in [6.45, 7) is 0. The van der Waals surface area contributed by atoms with Crippen molar-refractivity contribution in [2.24, 2.45) is 0 Å². The fourth-order valence-corrected chi connectivity index (χ4v) is 2.76. The van der Waals surface area contributed by atoms with Crippen LogP contribution in [0.4, 0.5) is 5.69 Å². The standard InChI is InChI=1S/C17H14ClN3OS/c1-23-12-8-6-11(7-9-12)19-17(22)16-10-15(20-21-16)13-4-2-3-5-14(13)18/h2-10H,1H3,(H,19,22)(H,20,21). The van der Waals surface area contributed by atoms with E-state index >= 15 is 0 Å². The van der Waals surface area contributed by atoms with Crippen molar-refractivity contribution in [2.75, 3.05) is 11.6 Å². The van der Waals surface area contributed by atoms with Crippen molar-refractivity contribution in [3.63, 3.8) is 0 Å². The number of H-pyrrole nitrogens is 1. The van der Waals surface area contributed by atoms with E-state index in [2.05, 4.69) is 15.5 Å². The summed E-state index contributed by atoms with van der Waals surface area (Å²) >= 11 is 7.80. The van der Waals surface area contributed by atoms with Crippen LogP contribution in [0.5, 0.6) is 0 Å². The molecule has 0 unspecified atom stereocenters. The summed E-state index contributed by atoms with van der Waals surface area (Å²) in [5.74, 6) is -0.243. The van der Waals surface area contributed by atoms with Crippen molar-refractivity contribution in [1.29, 1.82) is 0 Å². The topological polar surface area (TPSA) is 57.8 Å². The third-order valence-electron chi connectivity index (χ3n) is 3.32. The number of carbonyl (C=O) groups excluding carboxylic acids is 1. The number of rotatable bonds is 4. The summed E-state index contributed by atoms with van der Waals surface area (Å²) in [5, 5.41) is 10.3. The number of anilines is 1. The van der Waals surface area contributed by atoms with Crippen LogP contribution in [-0.4, -0.2) is 22.4 Å². The molecule has 0 spiro atoms. The molecule has 0 bridgehead atoms. The van der Waals surface area contributed by atoms with Gasteiger partial charge >= 0.3 is 0 Å². The average molecular weight is 344 g/mol. The lowest BCUT2D eigenvalue weighted by Crippen LogP contribution is -2.12. The number of amides is 1. The zero-order valence-corrected chi connectivity index (χ0v) is 13.9. The third kappa shape index (κ3) is 3.57. The van der Waals surface area contributed by atoms with Crippen LogP contribution in [0.25, 0.3) is 11.3 Å². The van der Waals surface area contributed by atoms with Gasteiger partial charge in [0, 0.05) is 16.1 Å². The maximum Gasteiger partial charge on any atom is 0.273 e. The van der Waals surface area contributed by atoms with Gasteiger partial charge in [-0.15, -0.1) is 11.8 Å². The molecular formula is C17H14ClN3OS. The molecule has 1 amide bonds. The van der Waals surface area contributed by atoms with Crippen LogP contribution in [0.2, 0.25) is 5.02 Å². The molecule has 0 aliphatic rings. The molecule has 0 aliphatic heterocycles. The van der Waals surface area contributed by atoms with Crippen molar-refractivity contribution in [1.82, 2.24) is 10.2 Å². The quantitative estimate of drug-likeness (QED) is 0.675. The van der Waals surface area contributed by atoms with Gasteiger partial charge in [-0.1, -0.05) is 29.8 Å². The van der Waals surface area contributed by atoms with Gasteiger partial charge in [0.15, 0.2) is 0 Å². The number of benzene rings is 2. The summed E-state index contributed by atoms with van der Waals surface area (Å²) < 4.78 is 0. The first-order chi connectivity index (χ1) is 11.2. The van der Waals surface area contributed by atoms with E-state index in [9.17, 15) is 4.79 Å². The lowest BCUT2D eigenvalue weighted by atomic mass is 10.1. The molecule has 4 nitrogen and oxygen atoms in total. The molecule has 0 saturated carbocycles. The molecule has 0 fully saturated rings. The Hall–Kier alpha value is -2.24. The van der Waals surface area contributed by atoms with Gasteiger partial charge in [-0.3, -0.25) is 9.89 Å². The third-order valence-corrected chi connectivity index (χ3v) is 4.39. The minimum Gasteiger partial charge on any atom is -0.321 e. The first-order valence-corrected chi connectivity index (χ1v) is 8.53. The second-order valence-corrected chi connectivity index (χ2v) is 6.12. The number of halogens is 1. The predicted molar refractivity (Wildman–Crippen MR) is 95.2 cm³/mol. The van der Waals surface area contributed by atoms with Gasteiger partial charge in [-0.25, -0.2) is 0 Å². The van der Waals surface area contributed by atoms with E-state index < -0.39 is 0 Å². The number of aromatic nitrogens is 2. The lowest BCUT2D eigenvalue weighted by Gasteiger charge is -2.04. The minimum absolute atomic E-state index is 0.243. The first-order valence-electron chi connectivity index (χ1n) is 6.93. The summed E-state index contributed by atoms with van der Waals surface area (Å²) in [5.41, 5.74) is 2.54. The van der Waals surface area contributed by atoms with Gasteiger partial charge in [-0.05, 0) is 42.7 Å². The molecule has 23 heavy (non-hydrogen) atoms. The van der Waals surface area contributed by atoms with Crippen molar-refractivity contribution in [3.8, 4) is 11.3 Å². The van der Waals surface area contributed by atoms with Crippen LogP contribution in [0.15, 0.2) is 59.5 Å². The Balaban J connectivity index is 1.77. The molecular weight excluding hydrogens is 330 g/mol. The molecule has 0 atom stereocenters. The van der Waals surface area contributed by atoms with Crippen molar-refractivity contribution in [2.45, 2.75) is 4.90 Å². The largest absolute Gasteiger partial charge is 0.321 e. The van der Waals surface area contributed by atoms with Crippen LogP contribution in [0, 0.1) is 0 Å². The molecule has 0 radical (unpaired) electrons. The summed E-state index contributed by atoms with van der Waals surface area (Å²) in [6, 6.07) is 16.7. The Morgan fingerprint density at radius 3 is 2.61 bits per heavy atom. The number of nitrogens with one attached hydrogen (secondary N) is 2. The molecule has 3 aromatic rings. The second kappa shape index (κ2) is 6.89. The van der Waals surface area contributed by atoms with Crippen molar-refractivity contribution in [3.05, 3.63) is 65.3 Å². The van der Waals surface area contributed by atoms with Gasteiger partial charge < -0.3 is 5.32 Å². The van der Waals surface area contributed by atoms with Crippen molar-refractivity contribution < 1.29 is 4.79 Å². The van der Waals surface area contributed by atoms with E-state index in [4.69, 9.17) is 11.6 Å². The molecule has 1 heterocycles. The van der Waals surface area contributed by atoms with E-state index in [1.165, 1.54) is 0 Å². The molecule has 3 rings (SSSR count). The van der Waals surface area contributed by atoms with Gasteiger partial charge in [0.2, 0.25) is 0 Å². The highest BCUT2D eigenvalue weighted by molar-refractivity contribution is 7.98. The number of carbonyl (C=O) groups is 1. The molecule has 2 aromatic carbocycles. The second-order valence-electron chi connectivity index (χ2n) is 4.83. The Morgan fingerprint density at radius 2 is 1.91 bits per heavy atom. The van der Waals surface area contributed by atoms with Crippen LogP contribution >= 0.6 is 23.4 Å². The zero-order chi connectivity index (χ0) is 16.2. The minimum atomic E-state index is -0.243. The normalized spacial score (nSPS) is 10.5. The number of hydrogen-bond donors (Lipinski definition) is 2. The van der Waals surface area contributed by atoms with Crippen LogP contribution < -0.4 is 5.32 Å². The van der Waals surface area contributed by atoms with Crippen LogP contribution in [0.3, 0.4) is 0 Å². The average Bonchev–Trinajstić information content (AvgIpc) is 3.06. The van der Waals surface area contributed by atoms with E-state index in [0.717, 1.165) is 16.1 Å². The molecule has 116 valence electrons. The first kappa shape index (κ1) is 15.6. The highest BCUT2D eigenvalue weighted by Gasteiger charge is 2.12. The van der Waals surface area contributed by atoms with E-state index in [1.807, 2.05) is 48.7 Å². The van der Waals surface area contributed by atoms with Gasteiger partial charge in [0.25, 0.3) is 5.91 Å².